The van der Waals surface area contributed by atoms with Crippen molar-refractivity contribution >= 4 is 34.8 Å². The number of hydrogen-bond acceptors (Lipinski definition) is 4. The van der Waals surface area contributed by atoms with Crippen LogP contribution >= 0.6 is 0 Å². The fraction of sp³-hybridized carbons (Fsp3) is 0.160. The van der Waals surface area contributed by atoms with E-state index in [-0.39, 0.29) is 29.6 Å². The molecule has 3 aromatic rings. The molecule has 0 heterocycles. The highest BCUT2D eigenvalue weighted by Gasteiger charge is 2.30. The number of benzene rings is 3. The fourth-order valence-corrected chi connectivity index (χ4v) is 3.12. The quantitative estimate of drug-likeness (QED) is 0.453. The van der Waals surface area contributed by atoms with E-state index in [0.29, 0.717) is 16.9 Å². The first-order chi connectivity index (χ1) is 16.5. The summed E-state index contributed by atoms with van der Waals surface area (Å²) >= 11 is 0. The highest BCUT2D eigenvalue weighted by molar-refractivity contribution is 6.05. The van der Waals surface area contributed by atoms with E-state index in [1.807, 2.05) is 0 Å². The molecule has 0 aliphatic carbocycles. The van der Waals surface area contributed by atoms with Crippen LogP contribution in [0.3, 0.4) is 0 Å². The Morgan fingerprint density at radius 3 is 2.00 bits per heavy atom. The second-order valence-corrected chi connectivity index (χ2v) is 7.80. The Bertz CT molecular complexity index is 1240. The zero-order valence-corrected chi connectivity index (χ0v) is 18.9. The van der Waals surface area contributed by atoms with Gasteiger partial charge >= 0.3 is 6.18 Å². The molecule has 0 atom stereocenters. The van der Waals surface area contributed by atoms with Crippen molar-refractivity contribution in [1.82, 2.24) is 4.90 Å². The Morgan fingerprint density at radius 1 is 0.771 bits per heavy atom. The number of carbonyl (C=O) groups is 3. The van der Waals surface area contributed by atoms with Gasteiger partial charge in [-0.25, -0.2) is 0 Å². The Balaban J connectivity index is 1.60. The van der Waals surface area contributed by atoms with Crippen molar-refractivity contribution < 1.29 is 27.6 Å². The van der Waals surface area contributed by atoms with Gasteiger partial charge in [0.15, 0.2) is 0 Å². The van der Waals surface area contributed by atoms with Crippen LogP contribution in [0.2, 0.25) is 0 Å². The molecular formula is C25H23F3N4O3. The van der Waals surface area contributed by atoms with Gasteiger partial charge in [0, 0.05) is 42.3 Å². The lowest BCUT2D eigenvalue weighted by Gasteiger charge is -2.12. The minimum atomic E-state index is -4.52. The molecule has 10 heteroatoms. The molecule has 0 bridgehead atoms. The second kappa shape index (κ2) is 10.7. The summed E-state index contributed by atoms with van der Waals surface area (Å²) < 4.78 is 38.7. The summed E-state index contributed by atoms with van der Waals surface area (Å²) in [6.07, 6.45) is -4.52. The summed E-state index contributed by atoms with van der Waals surface area (Å²) in [4.78, 5) is 38.3. The summed E-state index contributed by atoms with van der Waals surface area (Å²) in [5, 5.41) is 8.02. The lowest BCUT2D eigenvalue weighted by molar-refractivity contribution is -0.137. The van der Waals surface area contributed by atoms with Crippen LogP contribution in [0.1, 0.15) is 26.3 Å². The van der Waals surface area contributed by atoms with Crippen molar-refractivity contribution in [2.45, 2.75) is 6.18 Å². The predicted octanol–water partition coefficient (Wildman–Crippen LogP) is 4.71. The highest BCUT2D eigenvalue weighted by Crippen LogP contribution is 2.30. The van der Waals surface area contributed by atoms with E-state index < -0.39 is 17.6 Å². The molecule has 0 aliphatic rings. The first-order valence-electron chi connectivity index (χ1n) is 10.5. The van der Waals surface area contributed by atoms with Gasteiger partial charge in [0.05, 0.1) is 12.1 Å². The molecule has 0 saturated heterocycles. The summed E-state index contributed by atoms with van der Waals surface area (Å²) in [6.45, 7) is -0.120. The van der Waals surface area contributed by atoms with Crippen LogP contribution in [-0.4, -0.2) is 43.3 Å². The third-order valence-corrected chi connectivity index (χ3v) is 4.83. The SMILES string of the molecule is CN(C)C(=O)c1cccc(NC(=O)CNc2cccc(C(=O)Nc3cccc(C(F)(F)F)c3)c2)c1. The van der Waals surface area contributed by atoms with Gasteiger partial charge in [-0.2, -0.15) is 13.2 Å². The molecule has 0 fully saturated rings. The molecule has 0 radical (unpaired) electrons. The van der Waals surface area contributed by atoms with Crippen molar-refractivity contribution in [3.05, 3.63) is 89.5 Å². The maximum Gasteiger partial charge on any atom is 0.416 e. The standard InChI is InChI=1S/C25H23F3N4O3/c1-32(2)24(35)17-7-4-10-20(13-17)30-22(33)15-29-19-9-3-6-16(12-19)23(34)31-21-11-5-8-18(14-21)25(26,27)28/h3-14,29H,15H2,1-2H3,(H,30,33)(H,31,34). The molecule has 0 saturated carbocycles. The average Bonchev–Trinajstić information content (AvgIpc) is 2.82. The van der Waals surface area contributed by atoms with Crippen molar-refractivity contribution in [1.29, 1.82) is 0 Å². The molecule has 0 unspecified atom stereocenters. The van der Waals surface area contributed by atoms with E-state index in [4.69, 9.17) is 0 Å². The van der Waals surface area contributed by atoms with Crippen LogP contribution in [0.4, 0.5) is 30.2 Å². The summed E-state index contributed by atoms with van der Waals surface area (Å²) in [5.41, 5.74) is 0.695. The van der Waals surface area contributed by atoms with Crippen molar-refractivity contribution in [2.75, 3.05) is 36.6 Å². The highest BCUT2D eigenvalue weighted by atomic mass is 19.4. The minimum absolute atomic E-state index is 0.0116. The number of anilines is 3. The molecule has 3 rings (SSSR count). The third kappa shape index (κ3) is 7.07. The Labute approximate surface area is 199 Å². The van der Waals surface area contributed by atoms with E-state index >= 15 is 0 Å². The summed E-state index contributed by atoms with van der Waals surface area (Å²) in [5.74, 6) is -1.17. The van der Waals surface area contributed by atoms with E-state index in [1.165, 1.54) is 29.2 Å². The fourth-order valence-electron chi connectivity index (χ4n) is 3.12. The topological polar surface area (TPSA) is 90.5 Å². The molecule has 182 valence electrons. The van der Waals surface area contributed by atoms with E-state index in [0.717, 1.165) is 12.1 Å². The van der Waals surface area contributed by atoms with Gasteiger partial charge in [0.2, 0.25) is 5.91 Å². The summed E-state index contributed by atoms with van der Waals surface area (Å²) in [7, 11) is 3.26. The molecule has 7 nitrogen and oxygen atoms in total. The molecular weight excluding hydrogens is 461 g/mol. The van der Waals surface area contributed by atoms with Crippen molar-refractivity contribution in [2.24, 2.45) is 0 Å². The van der Waals surface area contributed by atoms with Crippen molar-refractivity contribution in [3.63, 3.8) is 0 Å². The monoisotopic (exact) mass is 484 g/mol. The molecule has 3 amide bonds. The van der Waals surface area contributed by atoms with Gasteiger partial charge in [-0.1, -0.05) is 18.2 Å². The first kappa shape index (κ1) is 25.3. The number of nitrogens with one attached hydrogen (secondary N) is 3. The number of halogens is 3. The van der Waals surface area contributed by atoms with E-state index in [9.17, 15) is 27.6 Å². The van der Waals surface area contributed by atoms with Gasteiger partial charge in [0.25, 0.3) is 11.8 Å². The number of nitrogens with zero attached hydrogens (tertiary/aromatic N) is 1. The molecule has 0 aliphatic heterocycles. The lowest BCUT2D eigenvalue weighted by Crippen LogP contribution is -2.23. The Kier molecular flexibility index (Phi) is 7.75. The van der Waals surface area contributed by atoms with Gasteiger partial charge in [-0.3, -0.25) is 14.4 Å². The van der Waals surface area contributed by atoms with Crippen LogP contribution in [0.15, 0.2) is 72.8 Å². The second-order valence-electron chi connectivity index (χ2n) is 7.80. The zero-order valence-electron chi connectivity index (χ0n) is 18.9. The smallest absolute Gasteiger partial charge is 0.376 e. The lowest BCUT2D eigenvalue weighted by atomic mass is 10.1. The largest absolute Gasteiger partial charge is 0.416 e. The molecule has 3 N–H and O–H groups in total. The van der Waals surface area contributed by atoms with Crippen LogP contribution in [0.25, 0.3) is 0 Å². The van der Waals surface area contributed by atoms with Crippen LogP contribution in [0.5, 0.6) is 0 Å². The zero-order chi connectivity index (χ0) is 25.6. The number of rotatable bonds is 7. The molecule has 0 aromatic heterocycles. The number of amides is 3. The molecule has 0 spiro atoms. The first-order valence-corrected chi connectivity index (χ1v) is 10.5. The number of alkyl halides is 3. The van der Waals surface area contributed by atoms with E-state index in [2.05, 4.69) is 16.0 Å². The van der Waals surface area contributed by atoms with Gasteiger partial charge in [-0.15, -0.1) is 0 Å². The van der Waals surface area contributed by atoms with Crippen LogP contribution < -0.4 is 16.0 Å². The minimum Gasteiger partial charge on any atom is -0.376 e. The van der Waals surface area contributed by atoms with Gasteiger partial charge in [0.1, 0.15) is 0 Å². The molecule has 3 aromatic carbocycles. The van der Waals surface area contributed by atoms with Crippen LogP contribution in [-0.2, 0) is 11.0 Å². The van der Waals surface area contributed by atoms with E-state index in [1.54, 1.807) is 50.5 Å². The Hall–Kier alpha value is -4.34. The summed E-state index contributed by atoms with van der Waals surface area (Å²) in [6, 6.07) is 17.1. The van der Waals surface area contributed by atoms with Crippen LogP contribution in [0, 0.1) is 0 Å². The van der Waals surface area contributed by atoms with Gasteiger partial charge in [-0.05, 0) is 54.6 Å². The Morgan fingerprint density at radius 2 is 1.34 bits per heavy atom. The normalized spacial score (nSPS) is 10.9. The predicted molar refractivity (Wildman–Crippen MR) is 127 cm³/mol. The number of carbonyl (C=O) groups excluding carboxylic acids is 3. The van der Waals surface area contributed by atoms with Gasteiger partial charge < -0.3 is 20.9 Å². The number of hydrogen-bond donors (Lipinski definition) is 3. The van der Waals surface area contributed by atoms with Crippen molar-refractivity contribution in [3.8, 4) is 0 Å². The average molecular weight is 484 g/mol. The maximum atomic E-state index is 12.9. The maximum absolute atomic E-state index is 12.9. The molecule has 35 heavy (non-hydrogen) atoms. The third-order valence-electron chi connectivity index (χ3n) is 4.83.